The first-order chi connectivity index (χ1) is 19.7. The van der Waals surface area contributed by atoms with Crippen molar-refractivity contribution in [2.45, 2.75) is 44.0 Å². The summed E-state index contributed by atoms with van der Waals surface area (Å²) in [7, 11) is -2.12. The Balaban J connectivity index is 1.47. The van der Waals surface area contributed by atoms with E-state index in [1.807, 2.05) is 0 Å². The van der Waals surface area contributed by atoms with E-state index >= 15 is 0 Å². The average Bonchev–Trinajstić information content (AvgIpc) is 2.98. The van der Waals surface area contributed by atoms with Gasteiger partial charge in [-0.1, -0.05) is 12.1 Å². The highest BCUT2D eigenvalue weighted by Gasteiger charge is 2.20. The molecule has 0 saturated carbocycles. The van der Waals surface area contributed by atoms with Crippen LogP contribution in [0.5, 0.6) is 17.2 Å². The number of rotatable bonds is 8. The quantitative estimate of drug-likeness (QED) is 0.226. The number of morpholine rings is 1. The molecule has 0 bridgehead atoms. The smallest absolute Gasteiger partial charge is 0.206 e. The summed E-state index contributed by atoms with van der Waals surface area (Å²) in [6.45, 7) is 12.4. The third kappa shape index (κ3) is 6.32. The summed E-state index contributed by atoms with van der Waals surface area (Å²) in [5.41, 5.74) is 8.33. The van der Waals surface area contributed by atoms with Gasteiger partial charge in [0.2, 0.25) is 9.84 Å². The van der Waals surface area contributed by atoms with Crippen LogP contribution in [0.1, 0.15) is 27.8 Å². The van der Waals surface area contributed by atoms with Crippen molar-refractivity contribution in [3.63, 3.8) is 0 Å². The lowest BCUT2D eigenvalue weighted by molar-refractivity contribution is 0.0339. The van der Waals surface area contributed by atoms with Gasteiger partial charge in [0, 0.05) is 25.2 Å². The second kappa shape index (κ2) is 12.1. The van der Waals surface area contributed by atoms with E-state index in [0.29, 0.717) is 11.5 Å². The van der Waals surface area contributed by atoms with Gasteiger partial charge in [0.1, 0.15) is 17.2 Å². The fourth-order valence-corrected chi connectivity index (χ4v) is 6.44. The van der Waals surface area contributed by atoms with Crippen LogP contribution in [0.15, 0.2) is 82.6 Å². The lowest BCUT2D eigenvalue weighted by Gasteiger charge is -2.28. The van der Waals surface area contributed by atoms with Crippen molar-refractivity contribution < 1.29 is 22.6 Å². The molecule has 5 rings (SSSR count). The molecule has 4 aromatic carbocycles. The van der Waals surface area contributed by atoms with Crippen LogP contribution in [-0.4, -0.2) is 46.7 Å². The van der Waals surface area contributed by atoms with Crippen LogP contribution in [0, 0.1) is 27.7 Å². The summed E-state index contributed by atoms with van der Waals surface area (Å²) in [6, 6.07) is 21.9. The molecule has 0 unspecified atom stereocenters. The summed E-state index contributed by atoms with van der Waals surface area (Å²) in [5, 5.41) is 0. The number of nitrogens with zero attached hydrogens (tertiary/aromatic N) is 1. The molecule has 214 valence electrons. The molecule has 0 radical (unpaired) electrons. The van der Waals surface area contributed by atoms with E-state index in [1.165, 1.54) is 22.3 Å². The summed E-state index contributed by atoms with van der Waals surface area (Å²) >= 11 is 0. The largest absolute Gasteiger partial charge is 0.497 e. The van der Waals surface area contributed by atoms with Crippen molar-refractivity contribution in [1.82, 2.24) is 4.90 Å². The number of hydrogen-bond donors (Lipinski definition) is 0. The number of methoxy groups -OCH3 is 1. The minimum absolute atomic E-state index is 0.209. The van der Waals surface area contributed by atoms with Crippen LogP contribution in [0.2, 0.25) is 0 Å². The monoisotopic (exact) mass is 571 g/mol. The summed E-state index contributed by atoms with van der Waals surface area (Å²) in [6.07, 6.45) is 0. The molecule has 7 heteroatoms. The Morgan fingerprint density at radius 1 is 0.732 bits per heavy atom. The molecule has 0 aromatic heterocycles. The zero-order valence-electron chi connectivity index (χ0n) is 24.4. The molecule has 0 amide bonds. The van der Waals surface area contributed by atoms with Crippen molar-refractivity contribution in [2.24, 2.45) is 0 Å². The number of ether oxygens (including phenoxy) is 3. The third-order valence-electron chi connectivity index (χ3n) is 7.83. The SMILES string of the molecule is COc1ccc(S(=O)(=O)c2ccc(Oc3c(C)cc(-c4cc(C)c(C)c(C)c4)cc3CN3CCOCC3)cc2)cc1. The predicted molar refractivity (Wildman–Crippen MR) is 162 cm³/mol. The molecular formula is C34H37NO5S. The molecule has 1 fully saturated rings. The van der Waals surface area contributed by atoms with Crippen molar-refractivity contribution in [3.05, 3.63) is 101 Å². The van der Waals surface area contributed by atoms with Gasteiger partial charge in [-0.3, -0.25) is 4.90 Å². The average molecular weight is 572 g/mol. The Morgan fingerprint density at radius 2 is 1.24 bits per heavy atom. The number of hydrogen-bond acceptors (Lipinski definition) is 6. The Bertz CT molecular complexity index is 1620. The van der Waals surface area contributed by atoms with Crippen LogP contribution in [0.25, 0.3) is 11.1 Å². The summed E-state index contributed by atoms with van der Waals surface area (Å²) in [4.78, 5) is 2.80. The van der Waals surface area contributed by atoms with E-state index in [-0.39, 0.29) is 9.79 Å². The molecule has 4 aromatic rings. The van der Waals surface area contributed by atoms with Gasteiger partial charge in [-0.15, -0.1) is 0 Å². The predicted octanol–water partition coefficient (Wildman–Crippen LogP) is 7.05. The zero-order valence-corrected chi connectivity index (χ0v) is 25.2. The maximum atomic E-state index is 13.2. The lowest BCUT2D eigenvalue weighted by atomic mass is 9.94. The van der Waals surface area contributed by atoms with E-state index in [1.54, 1.807) is 55.6 Å². The topological polar surface area (TPSA) is 65.1 Å². The molecule has 1 aliphatic rings. The number of benzene rings is 4. The van der Waals surface area contributed by atoms with Crippen molar-refractivity contribution >= 4 is 9.84 Å². The van der Waals surface area contributed by atoms with Crippen molar-refractivity contribution in [3.8, 4) is 28.4 Å². The fraction of sp³-hybridized carbons (Fsp3) is 0.294. The Hall–Kier alpha value is -3.65. The molecular weight excluding hydrogens is 534 g/mol. The van der Waals surface area contributed by atoms with E-state index in [9.17, 15) is 8.42 Å². The Labute approximate surface area is 243 Å². The molecule has 1 saturated heterocycles. The fourth-order valence-electron chi connectivity index (χ4n) is 5.18. The molecule has 0 aliphatic carbocycles. The normalized spacial score (nSPS) is 14.2. The molecule has 6 nitrogen and oxygen atoms in total. The van der Waals surface area contributed by atoms with Crippen molar-refractivity contribution in [2.75, 3.05) is 33.4 Å². The first-order valence-electron chi connectivity index (χ1n) is 13.8. The second-order valence-corrected chi connectivity index (χ2v) is 12.6. The molecule has 0 spiro atoms. The van der Waals surface area contributed by atoms with Crippen LogP contribution in [-0.2, 0) is 21.1 Å². The van der Waals surface area contributed by atoms with E-state index < -0.39 is 9.84 Å². The maximum Gasteiger partial charge on any atom is 0.206 e. The Kier molecular flexibility index (Phi) is 8.50. The molecule has 0 atom stereocenters. The minimum atomic E-state index is -3.67. The first-order valence-corrected chi connectivity index (χ1v) is 15.3. The standard InChI is InChI=1S/C34H37NO5S/c1-23-18-27(19-24(2)26(23)4)28-20-25(3)34(29(21-28)22-35-14-16-39-17-15-35)40-31-8-12-33(13-9-31)41(36,37)32-10-6-30(38-5)7-11-32/h6-13,18-21H,14-17,22H2,1-5H3. The first kappa shape index (κ1) is 28.9. The van der Waals surface area contributed by atoms with Gasteiger partial charge in [-0.25, -0.2) is 8.42 Å². The zero-order chi connectivity index (χ0) is 29.1. The maximum absolute atomic E-state index is 13.2. The summed E-state index contributed by atoms with van der Waals surface area (Å²) in [5.74, 6) is 1.99. The van der Waals surface area contributed by atoms with Crippen LogP contribution in [0.4, 0.5) is 0 Å². The molecule has 41 heavy (non-hydrogen) atoms. The Morgan fingerprint density at radius 3 is 1.80 bits per heavy atom. The van der Waals surface area contributed by atoms with Gasteiger partial charge < -0.3 is 14.2 Å². The van der Waals surface area contributed by atoms with Gasteiger partial charge in [0.05, 0.1) is 30.1 Å². The molecule has 1 heterocycles. The molecule has 0 N–H and O–H groups in total. The highest BCUT2D eigenvalue weighted by molar-refractivity contribution is 7.91. The highest BCUT2D eigenvalue weighted by atomic mass is 32.2. The van der Waals surface area contributed by atoms with Gasteiger partial charge in [-0.2, -0.15) is 0 Å². The van der Waals surface area contributed by atoms with Gasteiger partial charge in [0.15, 0.2) is 0 Å². The van der Waals surface area contributed by atoms with Crippen LogP contribution < -0.4 is 9.47 Å². The van der Waals surface area contributed by atoms with E-state index in [4.69, 9.17) is 14.2 Å². The van der Waals surface area contributed by atoms with E-state index in [0.717, 1.165) is 55.3 Å². The third-order valence-corrected chi connectivity index (χ3v) is 9.62. The van der Waals surface area contributed by atoms with Crippen LogP contribution >= 0.6 is 0 Å². The van der Waals surface area contributed by atoms with Gasteiger partial charge in [-0.05, 0) is 122 Å². The number of sulfone groups is 1. The minimum Gasteiger partial charge on any atom is -0.497 e. The van der Waals surface area contributed by atoms with Gasteiger partial charge >= 0.3 is 0 Å². The molecule has 1 aliphatic heterocycles. The summed E-state index contributed by atoms with van der Waals surface area (Å²) < 4.78 is 43.6. The number of aryl methyl sites for hydroxylation is 3. The second-order valence-electron chi connectivity index (χ2n) is 10.7. The van der Waals surface area contributed by atoms with Crippen molar-refractivity contribution in [1.29, 1.82) is 0 Å². The van der Waals surface area contributed by atoms with Crippen LogP contribution in [0.3, 0.4) is 0 Å². The van der Waals surface area contributed by atoms with Gasteiger partial charge in [0.25, 0.3) is 0 Å². The lowest BCUT2D eigenvalue weighted by Crippen LogP contribution is -2.35. The highest BCUT2D eigenvalue weighted by Crippen LogP contribution is 2.36. The van der Waals surface area contributed by atoms with E-state index in [2.05, 4.69) is 56.9 Å².